The molecule has 5 nitrogen and oxygen atoms in total. The molecule has 0 aliphatic rings. The summed E-state index contributed by atoms with van der Waals surface area (Å²) in [6.07, 6.45) is 1.08. The lowest BCUT2D eigenvalue weighted by Crippen LogP contribution is -2.33. The maximum absolute atomic E-state index is 10.1. The van der Waals surface area contributed by atoms with Crippen LogP contribution in [0.15, 0.2) is 22.8 Å². The number of ether oxygens (including phenoxy) is 1. The van der Waals surface area contributed by atoms with Crippen molar-refractivity contribution >= 4 is 11.3 Å². The van der Waals surface area contributed by atoms with Crippen LogP contribution in [0.25, 0.3) is 0 Å². The monoisotopic (exact) mass is 324 g/mol. The first kappa shape index (κ1) is 17.1. The van der Waals surface area contributed by atoms with Crippen molar-refractivity contribution in [2.45, 2.75) is 39.5 Å². The lowest BCUT2D eigenvalue weighted by molar-refractivity contribution is 0.00399. The molecule has 2 rings (SSSR count). The Balaban J connectivity index is 1.77. The molecule has 122 valence electrons. The molecule has 1 N–H and O–H groups in total. The second kappa shape index (κ2) is 7.87. The molecule has 0 amide bonds. The lowest BCUT2D eigenvalue weighted by atomic mass is 10.2. The van der Waals surface area contributed by atoms with E-state index < -0.39 is 6.10 Å². The van der Waals surface area contributed by atoms with E-state index in [1.807, 2.05) is 33.0 Å². The van der Waals surface area contributed by atoms with Gasteiger partial charge in [-0.25, -0.2) is 4.98 Å². The van der Waals surface area contributed by atoms with E-state index in [-0.39, 0.29) is 6.04 Å². The summed E-state index contributed by atoms with van der Waals surface area (Å²) in [4.78, 5) is 7.85. The fourth-order valence-corrected chi connectivity index (χ4v) is 3.41. The van der Waals surface area contributed by atoms with E-state index >= 15 is 0 Å². The number of aliphatic hydroxyl groups excluding tert-OH is 1. The van der Waals surface area contributed by atoms with Crippen LogP contribution in [0.1, 0.15) is 34.3 Å². The number of aromatic nitrogens is 1. The summed E-state index contributed by atoms with van der Waals surface area (Å²) in [5, 5.41) is 11.2. The molecule has 2 atom stereocenters. The van der Waals surface area contributed by atoms with Crippen LogP contribution in [0, 0.1) is 13.8 Å². The van der Waals surface area contributed by atoms with Crippen LogP contribution in [-0.2, 0) is 11.3 Å². The first-order valence-corrected chi connectivity index (χ1v) is 8.21. The molecule has 2 aromatic heterocycles. The van der Waals surface area contributed by atoms with E-state index in [1.165, 1.54) is 4.88 Å². The third-order valence-electron chi connectivity index (χ3n) is 3.61. The summed E-state index contributed by atoms with van der Waals surface area (Å²) in [7, 11) is 2.01. The van der Waals surface area contributed by atoms with Crippen molar-refractivity contribution in [3.05, 3.63) is 39.7 Å². The van der Waals surface area contributed by atoms with Gasteiger partial charge in [0.2, 0.25) is 0 Å². The Hall–Kier alpha value is -1.21. The van der Waals surface area contributed by atoms with Gasteiger partial charge in [-0.05, 0) is 40.0 Å². The molecule has 0 aliphatic carbocycles. The minimum atomic E-state index is -0.531. The molecule has 2 unspecified atom stereocenters. The Bertz CT molecular complexity index is 568. The fourth-order valence-electron chi connectivity index (χ4n) is 2.37. The van der Waals surface area contributed by atoms with Crippen molar-refractivity contribution in [2.75, 3.05) is 20.2 Å². The Morgan fingerprint density at radius 1 is 1.45 bits per heavy atom. The summed E-state index contributed by atoms with van der Waals surface area (Å²) >= 11 is 1.72. The van der Waals surface area contributed by atoms with Gasteiger partial charge in [0, 0.05) is 17.5 Å². The van der Waals surface area contributed by atoms with Gasteiger partial charge in [0.05, 0.1) is 29.7 Å². The van der Waals surface area contributed by atoms with E-state index in [0.29, 0.717) is 19.8 Å². The van der Waals surface area contributed by atoms with Crippen LogP contribution in [0.3, 0.4) is 0 Å². The third-order valence-corrected chi connectivity index (χ3v) is 4.86. The third kappa shape index (κ3) is 4.64. The maximum Gasteiger partial charge on any atom is 0.129 e. The summed E-state index contributed by atoms with van der Waals surface area (Å²) in [5.74, 6) is 0.768. The number of aliphatic hydroxyl groups is 1. The zero-order valence-electron chi connectivity index (χ0n) is 13.6. The fraction of sp³-hybridized carbons (Fsp3) is 0.562. The van der Waals surface area contributed by atoms with Crippen molar-refractivity contribution in [3.8, 4) is 0 Å². The van der Waals surface area contributed by atoms with Gasteiger partial charge in [-0.2, -0.15) is 0 Å². The average Bonchev–Trinajstić information content (AvgIpc) is 3.07. The van der Waals surface area contributed by atoms with Gasteiger partial charge in [-0.15, -0.1) is 11.3 Å². The predicted octanol–water partition coefficient (Wildman–Crippen LogP) is 2.92. The van der Waals surface area contributed by atoms with Crippen LogP contribution >= 0.6 is 11.3 Å². The van der Waals surface area contributed by atoms with Gasteiger partial charge in [0.25, 0.3) is 0 Å². The molecule has 2 heterocycles. The Morgan fingerprint density at radius 2 is 2.23 bits per heavy atom. The minimum Gasteiger partial charge on any atom is -0.467 e. The highest BCUT2D eigenvalue weighted by atomic mass is 32.1. The summed E-state index contributed by atoms with van der Waals surface area (Å²) < 4.78 is 10.7. The molecule has 2 aromatic rings. The van der Waals surface area contributed by atoms with Gasteiger partial charge in [-0.3, -0.25) is 4.90 Å². The molecular formula is C16H24N2O3S. The summed E-state index contributed by atoms with van der Waals surface area (Å²) in [5.41, 5.74) is 1.07. The van der Waals surface area contributed by atoms with Gasteiger partial charge in [-0.1, -0.05) is 0 Å². The van der Waals surface area contributed by atoms with E-state index in [4.69, 9.17) is 9.15 Å². The second-order valence-corrected chi connectivity index (χ2v) is 6.78. The highest BCUT2D eigenvalue weighted by Crippen LogP contribution is 2.28. The largest absolute Gasteiger partial charge is 0.467 e. The summed E-state index contributed by atoms with van der Waals surface area (Å²) in [6, 6.07) is 3.91. The van der Waals surface area contributed by atoms with Crippen molar-refractivity contribution in [1.29, 1.82) is 0 Å². The number of hydrogen-bond donors (Lipinski definition) is 1. The number of thiazole rings is 1. The van der Waals surface area contributed by atoms with E-state index in [9.17, 15) is 5.11 Å². The molecule has 0 aromatic carbocycles. The highest BCUT2D eigenvalue weighted by Gasteiger charge is 2.19. The smallest absolute Gasteiger partial charge is 0.129 e. The van der Waals surface area contributed by atoms with Crippen LogP contribution in [-0.4, -0.2) is 41.3 Å². The number of hydrogen-bond acceptors (Lipinski definition) is 6. The van der Waals surface area contributed by atoms with Crippen LogP contribution in [0.2, 0.25) is 0 Å². The quantitative estimate of drug-likeness (QED) is 0.809. The van der Waals surface area contributed by atoms with Crippen molar-refractivity contribution in [1.82, 2.24) is 9.88 Å². The second-order valence-electron chi connectivity index (χ2n) is 5.55. The molecule has 22 heavy (non-hydrogen) atoms. The molecule has 0 fully saturated rings. The van der Waals surface area contributed by atoms with E-state index in [0.717, 1.165) is 16.5 Å². The molecule has 0 spiro atoms. The standard InChI is InChI=1S/C16H24N2O3S/c1-11-16(22-13(3)17-11)12(2)18(4)8-14(19)9-20-10-15-6-5-7-21-15/h5-7,12,14,19H,8-10H2,1-4H3. The Labute approximate surface area is 135 Å². The highest BCUT2D eigenvalue weighted by molar-refractivity contribution is 7.11. The number of aryl methyl sites for hydroxylation is 2. The molecular weight excluding hydrogens is 300 g/mol. The van der Waals surface area contributed by atoms with Gasteiger partial charge < -0.3 is 14.3 Å². The summed E-state index contributed by atoms with van der Waals surface area (Å²) in [6.45, 7) is 7.41. The molecule has 0 saturated heterocycles. The van der Waals surface area contributed by atoms with Gasteiger partial charge in [0.1, 0.15) is 12.4 Å². The van der Waals surface area contributed by atoms with Gasteiger partial charge in [0.15, 0.2) is 0 Å². The molecule has 6 heteroatoms. The van der Waals surface area contributed by atoms with Gasteiger partial charge >= 0.3 is 0 Å². The lowest BCUT2D eigenvalue weighted by Gasteiger charge is -2.26. The number of likely N-dealkylation sites (N-methyl/N-ethyl adjacent to an activating group) is 1. The SMILES string of the molecule is Cc1nc(C)c(C(C)N(C)CC(O)COCc2ccco2)s1. The molecule has 0 saturated carbocycles. The normalized spacial score (nSPS) is 14.5. The number of furan rings is 1. The minimum absolute atomic E-state index is 0.228. The first-order chi connectivity index (χ1) is 10.5. The van der Waals surface area contributed by atoms with E-state index in [1.54, 1.807) is 17.6 Å². The Morgan fingerprint density at radius 3 is 2.82 bits per heavy atom. The van der Waals surface area contributed by atoms with Crippen LogP contribution < -0.4 is 0 Å². The first-order valence-electron chi connectivity index (χ1n) is 7.39. The number of rotatable bonds is 8. The van der Waals surface area contributed by atoms with Crippen molar-refractivity contribution in [2.24, 2.45) is 0 Å². The molecule has 0 radical (unpaired) electrons. The van der Waals surface area contributed by atoms with Crippen molar-refractivity contribution < 1.29 is 14.3 Å². The van der Waals surface area contributed by atoms with Crippen LogP contribution in [0.5, 0.6) is 0 Å². The zero-order chi connectivity index (χ0) is 16.1. The zero-order valence-corrected chi connectivity index (χ0v) is 14.4. The maximum atomic E-state index is 10.1. The van der Waals surface area contributed by atoms with Crippen molar-refractivity contribution in [3.63, 3.8) is 0 Å². The average molecular weight is 324 g/mol. The number of nitrogens with zero attached hydrogens (tertiary/aromatic N) is 2. The molecule has 0 aliphatic heterocycles. The topological polar surface area (TPSA) is 58.7 Å². The van der Waals surface area contributed by atoms with Crippen LogP contribution in [0.4, 0.5) is 0 Å². The predicted molar refractivity (Wildman–Crippen MR) is 87.0 cm³/mol. The van der Waals surface area contributed by atoms with E-state index in [2.05, 4.69) is 16.8 Å². The molecule has 0 bridgehead atoms. The Kier molecular flexibility index (Phi) is 6.14.